The lowest BCUT2D eigenvalue weighted by Gasteiger charge is -2.17. The van der Waals surface area contributed by atoms with Crippen LogP contribution in [0.2, 0.25) is 5.02 Å². The highest BCUT2D eigenvalue weighted by Crippen LogP contribution is 2.22. The molecule has 0 heterocycles. The van der Waals surface area contributed by atoms with Gasteiger partial charge < -0.3 is 11.1 Å². The van der Waals surface area contributed by atoms with Gasteiger partial charge in [0, 0.05) is 10.7 Å². The summed E-state index contributed by atoms with van der Waals surface area (Å²) in [6.07, 6.45) is 0.962. The number of anilines is 1. The van der Waals surface area contributed by atoms with Gasteiger partial charge in [0.1, 0.15) is 6.04 Å². The molecule has 3 N–H and O–H groups in total. The zero-order valence-corrected chi connectivity index (χ0v) is 12.0. The number of carbonyl (C=O) groups is 1. The minimum atomic E-state index is -0.570. The van der Waals surface area contributed by atoms with Crippen molar-refractivity contribution >= 4 is 23.2 Å². The predicted molar refractivity (Wildman–Crippen MR) is 82.8 cm³/mol. The number of hydrogen-bond donors (Lipinski definition) is 2. The Labute approximate surface area is 123 Å². The lowest BCUT2D eigenvalue weighted by molar-refractivity contribution is -0.118. The van der Waals surface area contributed by atoms with Crippen molar-refractivity contribution in [3.63, 3.8) is 0 Å². The monoisotopic (exact) mass is 288 g/mol. The number of hydrogen-bond acceptors (Lipinski definition) is 2. The van der Waals surface area contributed by atoms with Crippen molar-refractivity contribution in [2.45, 2.75) is 19.4 Å². The Balaban J connectivity index is 2.24. The van der Waals surface area contributed by atoms with Crippen molar-refractivity contribution in [2.24, 2.45) is 5.73 Å². The number of rotatable bonds is 5. The fourth-order valence-corrected chi connectivity index (χ4v) is 2.20. The van der Waals surface area contributed by atoms with E-state index in [1.807, 2.05) is 36.4 Å². The standard InChI is InChI=1S/C16H17ClN2O/c1-2-11-6-8-12(9-7-11)15(16(18)20)19-14-5-3-4-13(17)10-14/h3-10,15,19H,2H2,1H3,(H2,18,20). The molecule has 0 saturated carbocycles. The van der Waals surface area contributed by atoms with Crippen LogP contribution in [0.25, 0.3) is 0 Å². The molecule has 0 aliphatic heterocycles. The third-order valence-corrected chi connectivity index (χ3v) is 3.38. The van der Waals surface area contributed by atoms with E-state index >= 15 is 0 Å². The molecule has 1 unspecified atom stereocenters. The summed E-state index contributed by atoms with van der Waals surface area (Å²) in [5.74, 6) is -0.422. The highest BCUT2D eigenvalue weighted by molar-refractivity contribution is 6.30. The van der Waals surface area contributed by atoms with Gasteiger partial charge in [0.25, 0.3) is 0 Å². The molecule has 0 aliphatic rings. The summed E-state index contributed by atoms with van der Waals surface area (Å²) in [4.78, 5) is 11.7. The van der Waals surface area contributed by atoms with E-state index < -0.39 is 11.9 Å². The maximum Gasteiger partial charge on any atom is 0.244 e. The largest absolute Gasteiger partial charge is 0.370 e. The molecule has 2 aromatic rings. The van der Waals surface area contributed by atoms with Gasteiger partial charge >= 0.3 is 0 Å². The van der Waals surface area contributed by atoms with Gasteiger partial charge in [-0.05, 0) is 35.7 Å². The highest BCUT2D eigenvalue weighted by Gasteiger charge is 2.17. The summed E-state index contributed by atoms with van der Waals surface area (Å²) in [5.41, 5.74) is 8.32. The van der Waals surface area contributed by atoms with Crippen molar-refractivity contribution in [2.75, 3.05) is 5.32 Å². The van der Waals surface area contributed by atoms with Crippen LogP contribution in [0, 0.1) is 0 Å². The Morgan fingerprint density at radius 2 is 1.95 bits per heavy atom. The second-order valence-electron chi connectivity index (χ2n) is 4.59. The minimum absolute atomic E-state index is 0.422. The highest BCUT2D eigenvalue weighted by atomic mass is 35.5. The van der Waals surface area contributed by atoms with Crippen molar-refractivity contribution < 1.29 is 4.79 Å². The first kappa shape index (κ1) is 14.4. The molecule has 1 amide bonds. The molecule has 0 aliphatic carbocycles. The lowest BCUT2D eigenvalue weighted by Crippen LogP contribution is -2.27. The second-order valence-corrected chi connectivity index (χ2v) is 5.02. The molecular weight excluding hydrogens is 272 g/mol. The third-order valence-electron chi connectivity index (χ3n) is 3.14. The third kappa shape index (κ3) is 3.52. The zero-order valence-electron chi connectivity index (χ0n) is 11.3. The SMILES string of the molecule is CCc1ccc(C(Nc2cccc(Cl)c2)C(N)=O)cc1. The van der Waals surface area contributed by atoms with Gasteiger partial charge in [-0.15, -0.1) is 0 Å². The van der Waals surface area contributed by atoms with Crippen molar-refractivity contribution in [3.8, 4) is 0 Å². The Hall–Kier alpha value is -2.00. The van der Waals surface area contributed by atoms with E-state index in [1.165, 1.54) is 5.56 Å². The van der Waals surface area contributed by atoms with E-state index in [2.05, 4.69) is 12.2 Å². The number of amides is 1. The number of primary amides is 1. The topological polar surface area (TPSA) is 55.1 Å². The average Bonchev–Trinajstić information content (AvgIpc) is 2.45. The molecule has 0 bridgehead atoms. The number of nitrogens with one attached hydrogen (secondary N) is 1. The van der Waals surface area contributed by atoms with Crippen LogP contribution in [-0.4, -0.2) is 5.91 Å². The fourth-order valence-electron chi connectivity index (χ4n) is 2.01. The van der Waals surface area contributed by atoms with Crippen LogP contribution in [0.1, 0.15) is 24.1 Å². The maximum atomic E-state index is 11.7. The van der Waals surface area contributed by atoms with E-state index in [1.54, 1.807) is 12.1 Å². The average molecular weight is 289 g/mol. The molecule has 4 heteroatoms. The van der Waals surface area contributed by atoms with E-state index in [0.717, 1.165) is 17.7 Å². The van der Waals surface area contributed by atoms with Gasteiger partial charge in [-0.2, -0.15) is 0 Å². The van der Waals surface area contributed by atoms with Crippen molar-refractivity contribution in [1.29, 1.82) is 0 Å². The van der Waals surface area contributed by atoms with Crippen LogP contribution in [0.15, 0.2) is 48.5 Å². The number of halogens is 1. The molecule has 2 rings (SSSR count). The Kier molecular flexibility index (Phi) is 4.64. The van der Waals surface area contributed by atoms with Crippen LogP contribution in [-0.2, 0) is 11.2 Å². The Morgan fingerprint density at radius 1 is 1.25 bits per heavy atom. The molecule has 0 saturated heterocycles. The van der Waals surface area contributed by atoms with Crippen LogP contribution < -0.4 is 11.1 Å². The zero-order chi connectivity index (χ0) is 14.5. The van der Waals surface area contributed by atoms with Crippen LogP contribution in [0.5, 0.6) is 0 Å². The predicted octanol–water partition coefficient (Wildman–Crippen LogP) is 3.54. The number of aryl methyl sites for hydroxylation is 1. The first-order valence-corrected chi connectivity index (χ1v) is 6.88. The molecule has 0 fully saturated rings. The first-order chi connectivity index (χ1) is 9.60. The molecule has 104 valence electrons. The van der Waals surface area contributed by atoms with Gasteiger partial charge in [0.05, 0.1) is 0 Å². The molecule has 1 atom stereocenters. The van der Waals surface area contributed by atoms with Crippen LogP contribution in [0.4, 0.5) is 5.69 Å². The smallest absolute Gasteiger partial charge is 0.244 e. The molecule has 20 heavy (non-hydrogen) atoms. The fraction of sp³-hybridized carbons (Fsp3) is 0.188. The van der Waals surface area contributed by atoms with Crippen molar-refractivity contribution in [1.82, 2.24) is 0 Å². The summed E-state index contributed by atoms with van der Waals surface area (Å²) in [6, 6.07) is 14.5. The molecule has 3 nitrogen and oxygen atoms in total. The van der Waals surface area contributed by atoms with Crippen LogP contribution in [0.3, 0.4) is 0 Å². The second kappa shape index (κ2) is 6.44. The molecule has 0 aromatic heterocycles. The first-order valence-electron chi connectivity index (χ1n) is 6.50. The molecule has 0 radical (unpaired) electrons. The molecule has 0 spiro atoms. The van der Waals surface area contributed by atoms with E-state index in [0.29, 0.717) is 5.02 Å². The summed E-state index contributed by atoms with van der Waals surface area (Å²) < 4.78 is 0. The number of benzene rings is 2. The minimum Gasteiger partial charge on any atom is -0.370 e. The van der Waals surface area contributed by atoms with Crippen molar-refractivity contribution in [3.05, 3.63) is 64.7 Å². The summed E-state index contributed by atoms with van der Waals surface area (Å²) in [6.45, 7) is 2.09. The summed E-state index contributed by atoms with van der Waals surface area (Å²) >= 11 is 5.94. The summed E-state index contributed by atoms with van der Waals surface area (Å²) in [7, 11) is 0. The van der Waals surface area contributed by atoms with Gasteiger partial charge in [0.2, 0.25) is 5.91 Å². The van der Waals surface area contributed by atoms with Gasteiger partial charge in [-0.1, -0.05) is 48.9 Å². The normalized spacial score (nSPS) is 11.9. The maximum absolute atomic E-state index is 11.7. The summed E-state index contributed by atoms with van der Waals surface area (Å²) in [5, 5.41) is 3.72. The van der Waals surface area contributed by atoms with Gasteiger partial charge in [-0.25, -0.2) is 0 Å². The lowest BCUT2D eigenvalue weighted by atomic mass is 10.0. The Morgan fingerprint density at radius 3 is 2.50 bits per heavy atom. The molecular formula is C16H17ClN2O. The van der Waals surface area contributed by atoms with Gasteiger partial charge in [0.15, 0.2) is 0 Å². The Bertz CT molecular complexity index is 596. The van der Waals surface area contributed by atoms with Crippen LogP contribution >= 0.6 is 11.6 Å². The van der Waals surface area contributed by atoms with E-state index in [9.17, 15) is 4.79 Å². The van der Waals surface area contributed by atoms with Gasteiger partial charge in [-0.3, -0.25) is 4.79 Å². The number of carbonyl (C=O) groups excluding carboxylic acids is 1. The molecule has 2 aromatic carbocycles. The number of nitrogens with two attached hydrogens (primary N) is 1. The quantitative estimate of drug-likeness (QED) is 0.884. The van der Waals surface area contributed by atoms with E-state index in [4.69, 9.17) is 17.3 Å². The van der Waals surface area contributed by atoms with E-state index in [-0.39, 0.29) is 0 Å².